The van der Waals surface area contributed by atoms with Crippen molar-refractivity contribution in [2.45, 2.75) is 58.0 Å². The van der Waals surface area contributed by atoms with Crippen LogP contribution in [-0.4, -0.2) is 24.0 Å². The van der Waals surface area contributed by atoms with Gasteiger partial charge in [0.2, 0.25) is 0 Å². The second-order valence-corrected chi connectivity index (χ2v) is 5.43. The van der Waals surface area contributed by atoms with E-state index in [2.05, 4.69) is 11.8 Å². The van der Waals surface area contributed by atoms with Gasteiger partial charge < -0.3 is 10.2 Å². The molecule has 1 aromatic rings. The minimum Gasteiger partial charge on any atom is -0.465 e. The van der Waals surface area contributed by atoms with Crippen molar-refractivity contribution >= 4 is 0 Å². The molecule has 1 saturated carbocycles. The van der Waals surface area contributed by atoms with Crippen LogP contribution in [-0.2, 0) is 0 Å². The summed E-state index contributed by atoms with van der Waals surface area (Å²) >= 11 is 0. The molecule has 0 spiro atoms. The van der Waals surface area contributed by atoms with Crippen molar-refractivity contribution in [1.29, 1.82) is 0 Å². The van der Waals surface area contributed by atoms with E-state index in [1.165, 1.54) is 32.1 Å². The van der Waals surface area contributed by atoms with Gasteiger partial charge in [-0.15, -0.1) is 0 Å². The predicted octanol–water partition coefficient (Wildman–Crippen LogP) is 3.24. The van der Waals surface area contributed by atoms with E-state index >= 15 is 0 Å². The minimum absolute atomic E-state index is 0.000534. The van der Waals surface area contributed by atoms with Crippen LogP contribution in [0, 0.1) is 6.92 Å². The Morgan fingerprint density at radius 2 is 2.06 bits per heavy atom. The topological polar surface area (TPSA) is 42.4 Å². The first-order valence-electron chi connectivity index (χ1n) is 7.26. The minimum atomic E-state index is 0.000534. The van der Waals surface area contributed by atoms with Gasteiger partial charge in [0, 0.05) is 12.6 Å². The van der Waals surface area contributed by atoms with Crippen LogP contribution >= 0.6 is 0 Å². The molecule has 2 rings (SSSR count). The average molecular weight is 250 g/mol. The van der Waals surface area contributed by atoms with Gasteiger partial charge in [0.15, 0.2) is 0 Å². The standard InChI is InChI=1S/C15H26N2O/c1-3-17(13-7-5-4-6-8-13)11-14(16)15-10-9-12(2)18-15/h9-10,13-14H,3-8,11,16H2,1-2H3. The molecule has 0 bridgehead atoms. The molecule has 1 aliphatic rings. The van der Waals surface area contributed by atoms with Gasteiger partial charge in [-0.05, 0) is 38.4 Å². The maximum atomic E-state index is 6.26. The Morgan fingerprint density at radius 3 is 2.61 bits per heavy atom. The van der Waals surface area contributed by atoms with Crippen molar-refractivity contribution in [2.75, 3.05) is 13.1 Å². The number of hydrogen-bond acceptors (Lipinski definition) is 3. The number of hydrogen-bond donors (Lipinski definition) is 1. The van der Waals surface area contributed by atoms with Gasteiger partial charge in [0.25, 0.3) is 0 Å². The zero-order chi connectivity index (χ0) is 13.0. The van der Waals surface area contributed by atoms with Crippen LogP contribution in [0.2, 0.25) is 0 Å². The molecule has 1 unspecified atom stereocenters. The van der Waals surface area contributed by atoms with Gasteiger partial charge in [-0.3, -0.25) is 4.90 Å². The molecule has 18 heavy (non-hydrogen) atoms. The fourth-order valence-corrected chi connectivity index (χ4v) is 2.98. The van der Waals surface area contributed by atoms with Gasteiger partial charge in [0.05, 0.1) is 6.04 Å². The average Bonchev–Trinajstić information content (AvgIpc) is 2.83. The van der Waals surface area contributed by atoms with Gasteiger partial charge >= 0.3 is 0 Å². The van der Waals surface area contributed by atoms with Crippen molar-refractivity contribution in [3.63, 3.8) is 0 Å². The summed E-state index contributed by atoms with van der Waals surface area (Å²) in [7, 11) is 0. The molecule has 1 fully saturated rings. The zero-order valence-corrected chi connectivity index (χ0v) is 11.7. The second-order valence-electron chi connectivity index (χ2n) is 5.43. The Hall–Kier alpha value is -0.800. The predicted molar refractivity (Wildman–Crippen MR) is 74.5 cm³/mol. The van der Waals surface area contributed by atoms with Crippen LogP contribution in [0.5, 0.6) is 0 Å². The molecule has 102 valence electrons. The molecule has 1 aromatic heterocycles. The highest BCUT2D eigenvalue weighted by atomic mass is 16.3. The lowest BCUT2D eigenvalue weighted by molar-refractivity contribution is 0.150. The fraction of sp³-hybridized carbons (Fsp3) is 0.733. The van der Waals surface area contributed by atoms with Crippen molar-refractivity contribution < 1.29 is 4.42 Å². The summed E-state index contributed by atoms with van der Waals surface area (Å²) in [6.45, 7) is 6.19. The number of nitrogens with two attached hydrogens (primary N) is 1. The van der Waals surface area contributed by atoms with Crippen LogP contribution < -0.4 is 5.73 Å². The highest BCUT2D eigenvalue weighted by Crippen LogP contribution is 2.24. The first-order valence-corrected chi connectivity index (χ1v) is 7.26. The van der Waals surface area contributed by atoms with Crippen LogP contribution in [0.4, 0.5) is 0 Å². The number of nitrogens with zero attached hydrogens (tertiary/aromatic N) is 1. The van der Waals surface area contributed by atoms with Crippen molar-refractivity contribution in [1.82, 2.24) is 4.90 Å². The maximum absolute atomic E-state index is 6.26. The van der Waals surface area contributed by atoms with Crippen molar-refractivity contribution in [2.24, 2.45) is 5.73 Å². The zero-order valence-electron chi connectivity index (χ0n) is 11.7. The van der Waals surface area contributed by atoms with Crippen molar-refractivity contribution in [3.05, 3.63) is 23.7 Å². The highest BCUT2D eigenvalue weighted by Gasteiger charge is 2.22. The molecular weight excluding hydrogens is 224 g/mol. The van der Waals surface area contributed by atoms with Crippen molar-refractivity contribution in [3.8, 4) is 0 Å². The van der Waals surface area contributed by atoms with E-state index in [4.69, 9.17) is 10.2 Å². The molecule has 0 radical (unpaired) electrons. The molecule has 3 nitrogen and oxygen atoms in total. The molecule has 0 aromatic carbocycles. The SMILES string of the molecule is CCN(CC(N)c1ccc(C)o1)C1CCCCC1. The number of aryl methyl sites for hydroxylation is 1. The van der Waals surface area contributed by atoms with Crippen LogP contribution in [0.1, 0.15) is 56.6 Å². The molecule has 1 atom stereocenters. The van der Waals surface area contributed by atoms with Gasteiger partial charge in [-0.1, -0.05) is 26.2 Å². The van der Waals surface area contributed by atoms with E-state index in [0.717, 1.165) is 30.7 Å². The second kappa shape index (κ2) is 6.39. The Morgan fingerprint density at radius 1 is 1.33 bits per heavy atom. The summed E-state index contributed by atoms with van der Waals surface area (Å²) in [6.07, 6.45) is 6.81. The fourth-order valence-electron chi connectivity index (χ4n) is 2.98. The Kier molecular flexibility index (Phi) is 4.84. The van der Waals surface area contributed by atoms with Gasteiger partial charge in [-0.25, -0.2) is 0 Å². The van der Waals surface area contributed by atoms with E-state index in [0.29, 0.717) is 0 Å². The molecule has 2 N–H and O–H groups in total. The number of rotatable bonds is 5. The lowest BCUT2D eigenvalue weighted by Crippen LogP contribution is -2.41. The smallest absolute Gasteiger partial charge is 0.122 e. The molecule has 0 amide bonds. The van der Waals surface area contributed by atoms with E-state index in [1.54, 1.807) is 0 Å². The van der Waals surface area contributed by atoms with Crippen LogP contribution in [0.15, 0.2) is 16.5 Å². The van der Waals surface area contributed by atoms with Gasteiger partial charge in [-0.2, -0.15) is 0 Å². The summed E-state index contributed by atoms with van der Waals surface area (Å²) in [5.74, 6) is 1.86. The highest BCUT2D eigenvalue weighted by molar-refractivity contribution is 5.09. The Bertz CT molecular complexity index is 355. The third-order valence-electron chi connectivity index (χ3n) is 4.06. The van der Waals surface area contributed by atoms with Crippen LogP contribution in [0.3, 0.4) is 0 Å². The third-order valence-corrected chi connectivity index (χ3v) is 4.06. The molecule has 0 aliphatic heterocycles. The molecule has 3 heteroatoms. The molecular formula is C15H26N2O. The third kappa shape index (κ3) is 3.36. The summed E-state index contributed by atoms with van der Waals surface area (Å²) in [4.78, 5) is 2.53. The largest absolute Gasteiger partial charge is 0.465 e. The number of furan rings is 1. The molecule has 1 heterocycles. The first kappa shape index (κ1) is 13.6. The summed E-state index contributed by atoms with van der Waals surface area (Å²) < 4.78 is 5.63. The summed E-state index contributed by atoms with van der Waals surface area (Å²) in [6, 6.07) is 4.73. The van der Waals surface area contributed by atoms with Gasteiger partial charge in [0.1, 0.15) is 11.5 Å². The first-order chi connectivity index (χ1) is 8.70. The lowest BCUT2D eigenvalue weighted by Gasteiger charge is -2.34. The van der Waals surface area contributed by atoms with E-state index < -0.39 is 0 Å². The van der Waals surface area contributed by atoms with Crippen LogP contribution in [0.25, 0.3) is 0 Å². The maximum Gasteiger partial charge on any atom is 0.122 e. The lowest BCUT2D eigenvalue weighted by atomic mass is 9.94. The Balaban J connectivity index is 1.92. The quantitative estimate of drug-likeness (QED) is 0.872. The number of likely N-dealkylation sites (N-methyl/N-ethyl adjacent to an activating group) is 1. The van der Waals surface area contributed by atoms with E-state index in [9.17, 15) is 0 Å². The monoisotopic (exact) mass is 250 g/mol. The summed E-state index contributed by atoms with van der Waals surface area (Å²) in [5.41, 5.74) is 6.26. The molecule has 1 aliphatic carbocycles. The van der Waals surface area contributed by atoms with E-state index in [-0.39, 0.29) is 6.04 Å². The summed E-state index contributed by atoms with van der Waals surface area (Å²) in [5, 5.41) is 0. The Labute approximate surface area is 110 Å². The van der Waals surface area contributed by atoms with E-state index in [1.807, 2.05) is 19.1 Å². The molecule has 0 saturated heterocycles. The normalized spacial score (nSPS) is 19.3.